The molecule has 4 aliphatic carbocycles. The van der Waals surface area contributed by atoms with E-state index in [1.807, 2.05) is 47.9 Å². The summed E-state index contributed by atoms with van der Waals surface area (Å²) in [5, 5.41) is 2.87. The van der Waals surface area contributed by atoms with Crippen LogP contribution in [-0.4, -0.2) is 94.3 Å². The first-order chi connectivity index (χ1) is 30.6. The molecule has 2 aromatic rings. The first kappa shape index (κ1) is 47.4. The van der Waals surface area contributed by atoms with Crippen LogP contribution in [0.5, 0.6) is 11.5 Å². The summed E-state index contributed by atoms with van der Waals surface area (Å²) in [6.45, 7) is 17.6. The summed E-state index contributed by atoms with van der Waals surface area (Å²) in [7, 11) is 0. The molecular weight excluding hydrogens is 807 g/mol. The fraction of sp³-hybridized carbons (Fsp3) is 0.673. The minimum absolute atomic E-state index is 0.0258. The zero-order valence-electron chi connectivity index (χ0n) is 40.1. The zero-order valence-corrected chi connectivity index (χ0v) is 40.1. The number of aryl methyl sites for hydroxylation is 2. The number of amides is 5. The van der Waals surface area contributed by atoms with Crippen molar-refractivity contribution in [3.63, 3.8) is 0 Å². The minimum atomic E-state index is -0.800. The summed E-state index contributed by atoms with van der Waals surface area (Å²) in [4.78, 5) is 73.8. The van der Waals surface area contributed by atoms with Crippen molar-refractivity contribution in [1.29, 1.82) is 0 Å². The Hall–Kier alpha value is -4.61. The Bertz CT molecular complexity index is 2060. The number of fused-ring (bicyclic) bond motifs is 2. The van der Waals surface area contributed by atoms with Crippen molar-refractivity contribution in [2.24, 2.45) is 0 Å². The fourth-order valence-electron chi connectivity index (χ4n) is 11.0. The molecule has 0 radical (unpaired) electrons. The molecule has 0 bridgehead atoms. The Morgan fingerprint density at radius 2 is 1.05 bits per heavy atom. The molecule has 64 heavy (non-hydrogen) atoms. The minimum Gasteiger partial charge on any atom is -0.475 e. The standard InChI is InChI=1S/C27H39N3O4.C25H36N2O3/c1-5-24(31)28-14-15-29-22-17-21(25(32)30(18(2)3)20-10-7-6-8-11-20)19(4)16-23(22)34-27(26(29)33)12-9-13-27;1-5-14-26-21-16-20(23(28)27(17(2)3)19-10-7-6-8-11-19)18(4)15-22(21)30-25(24(26)29)12-9-13-25/h16-18,20H,5-15H2,1-4H3,(H,28,31);15-17,19H,5-14H2,1-4H3. The van der Waals surface area contributed by atoms with Gasteiger partial charge in [-0.1, -0.05) is 52.4 Å². The lowest BCUT2D eigenvalue weighted by Crippen LogP contribution is -2.61. The van der Waals surface area contributed by atoms with Crippen LogP contribution < -0.4 is 24.6 Å². The number of carbonyl (C=O) groups excluding carboxylic acids is 5. The van der Waals surface area contributed by atoms with Crippen LogP contribution in [-0.2, 0) is 14.4 Å². The second-order valence-corrected chi connectivity index (χ2v) is 20.0. The molecule has 2 spiro atoms. The highest BCUT2D eigenvalue weighted by Gasteiger charge is 2.54. The van der Waals surface area contributed by atoms with Crippen LogP contribution in [0.4, 0.5) is 11.4 Å². The summed E-state index contributed by atoms with van der Waals surface area (Å²) in [6, 6.07) is 8.49. The maximum atomic E-state index is 13.8. The maximum Gasteiger partial charge on any atom is 0.271 e. The number of carbonyl (C=O) groups is 5. The Labute approximate surface area is 382 Å². The number of anilines is 2. The van der Waals surface area contributed by atoms with E-state index in [9.17, 15) is 24.0 Å². The van der Waals surface area contributed by atoms with Crippen LogP contribution in [0.1, 0.15) is 189 Å². The quantitative estimate of drug-likeness (QED) is 0.225. The number of nitrogens with one attached hydrogen (secondary N) is 1. The van der Waals surface area contributed by atoms with E-state index in [1.54, 1.807) is 11.8 Å². The van der Waals surface area contributed by atoms with Crippen LogP contribution in [0, 0.1) is 13.8 Å². The third-order valence-corrected chi connectivity index (χ3v) is 14.8. The predicted molar refractivity (Wildman–Crippen MR) is 251 cm³/mol. The number of benzene rings is 2. The molecular formula is C52H75N5O7. The van der Waals surface area contributed by atoms with Gasteiger partial charge in [-0.05, 0) is 148 Å². The van der Waals surface area contributed by atoms with Crippen molar-refractivity contribution in [3.8, 4) is 11.5 Å². The Kier molecular flexibility index (Phi) is 14.7. The lowest BCUT2D eigenvalue weighted by Gasteiger charge is -2.47. The van der Waals surface area contributed by atoms with Gasteiger partial charge < -0.3 is 34.4 Å². The smallest absolute Gasteiger partial charge is 0.271 e. The molecule has 0 unspecified atom stereocenters. The molecule has 6 aliphatic rings. The normalized spacial score (nSPS) is 20.0. The molecule has 0 aromatic heterocycles. The molecule has 2 heterocycles. The zero-order chi connectivity index (χ0) is 45.9. The van der Waals surface area contributed by atoms with Crippen LogP contribution in [0.25, 0.3) is 0 Å². The molecule has 12 heteroatoms. The molecule has 12 nitrogen and oxygen atoms in total. The molecule has 2 aliphatic heterocycles. The van der Waals surface area contributed by atoms with Gasteiger partial charge in [-0.15, -0.1) is 0 Å². The van der Waals surface area contributed by atoms with E-state index >= 15 is 0 Å². The molecule has 1 N–H and O–H groups in total. The number of nitrogens with zero attached hydrogens (tertiary/aromatic N) is 4. The van der Waals surface area contributed by atoms with Gasteiger partial charge in [0.25, 0.3) is 23.6 Å². The van der Waals surface area contributed by atoms with Crippen molar-refractivity contribution in [3.05, 3.63) is 46.5 Å². The lowest BCUT2D eigenvalue weighted by atomic mass is 9.77. The highest BCUT2D eigenvalue weighted by atomic mass is 16.5. The number of ether oxygens (including phenoxy) is 2. The van der Waals surface area contributed by atoms with E-state index in [1.165, 1.54) is 25.7 Å². The molecule has 4 saturated carbocycles. The number of rotatable bonds is 12. The first-order valence-corrected chi connectivity index (χ1v) is 24.9. The summed E-state index contributed by atoms with van der Waals surface area (Å²) in [5.41, 5.74) is 3.05. The second kappa shape index (κ2) is 19.9. The topological polar surface area (TPSA) is 129 Å². The predicted octanol–water partition coefficient (Wildman–Crippen LogP) is 9.59. The van der Waals surface area contributed by atoms with Gasteiger partial charge in [-0.2, -0.15) is 0 Å². The second-order valence-electron chi connectivity index (χ2n) is 20.0. The van der Waals surface area contributed by atoms with Gasteiger partial charge in [0, 0.05) is 61.3 Å². The van der Waals surface area contributed by atoms with Gasteiger partial charge in [0.15, 0.2) is 11.2 Å². The van der Waals surface area contributed by atoms with Crippen molar-refractivity contribution >= 4 is 40.9 Å². The Morgan fingerprint density at radius 3 is 1.39 bits per heavy atom. The summed E-state index contributed by atoms with van der Waals surface area (Å²) < 4.78 is 12.6. The largest absolute Gasteiger partial charge is 0.475 e. The van der Waals surface area contributed by atoms with Gasteiger partial charge >= 0.3 is 0 Å². The monoisotopic (exact) mass is 882 g/mol. The van der Waals surface area contributed by atoms with Crippen LogP contribution in [0.3, 0.4) is 0 Å². The van der Waals surface area contributed by atoms with Crippen LogP contribution >= 0.6 is 0 Å². The van der Waals surface area contributed by atoms with Gasteiger partial charge in [-0.25, -0.2) is 0 Å². The maximum absolute atomic E-state index is 13.8. The first-order valence-electron chi connectivity index (χ1n) is 24.9. The molecule has 4 fully saturated rings. The fourth-order valence-corrected chi connectivity index (χ4v) is 11.0. The summed E-state index contributed by atoms with van der Waals surface area (Å²) in [6.07, 6.45) is 17.7. The molecule has 350 valence electrons. The van der Waals surface area contributed by atoms with Crippen molar-refractivity contribution in [2.45, 2.75) is 206 Å². The van der Waals surface area contributed by atoms with E-state index in [-0.39, 0.29) is 47.7 Å². The Balaban J connectivity index is 0.000000193. The average molecular weight is 882 g/mol. The lowest BCUT2D eigenvalue weighted by molar-refractivity contribution is -0.143. The van der Waals surface area contributed by atoms with E-state index in [0.29, 0.717) is 67.5 Å². The van der Waals surface area contributed by atoms with Crippen LogP contribution in [0.15, 0.2) is 24.3 Å². The SMILES string of the molecule is CCC(=O)NCCN1C(=O)C2(CCC2)Oc2cc(C)c(C(=O)N(C(C)C)C3CCCCC3)cc21.CCCN1C(=O)C2(CCC2)Oc2cc(C)c(C(=O)N(C(C)C)C3CCCCC3)cc21. The van der Waals surface area contributed by atoms with E-state index in [4.69, 9.17) is 9.47 Å². The third-order valence-electron chi connectivity index (χ3n) is 14.8. The van der Waals surface area contributed by atoms with Gasteiger partial charge in [0.05, 0.1) is 11.4 Å². The highest BCUT2D eigenvalue weighted by Crippen LogP contribution is 2.49. The van der Waals surface area contributed by atoms with Crippen molar-refractivity contribution < 1.29 is 33.4 Å². The van der Waals surface area contributed by atoms with Crippen molar-refractivity contribution in [1.82, 2.24) is 15.1 Å². The van der Waals surface area contributed by atoms with Crippen LogP contribution in [0.2, 0.25) is 0 Å². The molecule has 0 atom stereocenters. The van der Waals surface area contributed by atoms with Gasteiger partial charge in [0.2, 0.25) is 5.91 Å². The van der Waals surface area contributed by atoms with E-state index in [2.05, 4.69) is 44.8 Å². The highest BCUT2D eigenvalue weighted by molar-refractivity contribution is 6.07. The molecule has 5 amide bonds. The van der Waals surface area contributed by atoms with Gasteiger partial charge in [-0.3, -0.25) is 24.0 Å². The Morgan fingerprint density at radius 1 is 0.641 bits per heavy atom. The van der Waals surface area contributed by atoms with Crippen molar-refractivity contribution in [2.75, 3.05) is 29.4 Å². The average Bonchev–Trinajstić information content (AvgIpc) is 3.24. The molecule has 2 aromatic carbocycles. The number of hydrogen-bond donors (Lipinski definition) is 1. The molecule has 0 saturated heterocycles. The summed E-state index contributed by atoms with van der Waals surface area (Å²) in [5.74, 6) is 1.49. The number of hydrogen-bond acceptors (Lipinski definition) is 7. The van der Waals surface area contributed by atoms with E-state index in [0.717, 1.165) is 93.2 Å². The third kappa shape index (κ3) is 9.26. The van der Waals surface area contributed by atoms with Gasteiger partial charge in [0.1, 0.15) is 11.5 Å². The van der Waals surface area contributed by atoms with E-state index < -0.39 is 11.2 Å². The summed E-state index contributed by atoms with van der Waals surface area (Å²) >= 11 is 0. The molecule has 8 rings (SSSR count).